The molecule has 0 bridgehead atoms. The van der Waals surface area contributed by atoms with Gasteiger partial charge in [-0.2, -0.15) is 0 Å². The van der Waals surface area contributed by atoms with Crippen molar-refractivity contribution in [2.45, 2.75) is 32.6 Å². The van der Waals surface area contributed by atoms with Crippen LogP contribution in [0.3, 0.4) is 0 Å². The topological polar surface area (TPSA) is 46.5 Å². The summed E-state index contributed by atoms with van der Waals surface area (Å²) >= 11 is 0. The summed E-state index contributed by atoms with van der Waals surface area (Å²) in [5.41, 5.74) is 0. The van der Waals surface area contributed by atoms with Crippen molar-refractivity contribution in [1.29, 1.82) is 0 Å². The fourth-order valence-electron chi connectivity index (χ4n) is 1.84. The Morgan fingerprint density at radius 3 is 2.92 bits per heavy atom. The average Bonchev–Trinajstić information content (AvgIpc) is 2.15. The highest BCUT2D eigenvalue weighted by molar-refractivity contribution is 5.69. The third-order valence-corrected chi connectivity index (χ3v) is 2.71. The van der Waals surface area contributed by atoms with Crippen LogP contribution in [-0.4, -0.2) is 24.3 Å². The molecule has 2 unspecified atom stereocenters. The molecule has 3 heteroatoms. The van der Waals surface area contributed by atoms with Crippen molar-refractivity contribution in [3.63, 3.8) is 0 Å². The number of carbonyl (C=O) groups is 1. The predicted octanol–water partition coefficient (Wildman–Crippen LogP) is 1.91. The Kier molecular flexibility index (Phi) is 4.22. The summed E-state index contributed by atoms with van der Waals surface area (Å²) in [6.45, 7) is 3.53. The van der Waals surface area contributed by atoms with Crippen LogP contribution in [0.5, 0.6) is 0 Å². The number of carboxylic acids is 1. The van der Waals surface area contributed by atoms with Gasteiger partial charge in [0.15, 0.2) is 0 Å². The van der Waals surface area contributed by atoms with E-state index in [2.05, 4.69) is 0 Å². The van der Waals surface area contributed by atoms with Gasteiger partial charge in [-0.3, -0.25) is 4.79 Å². The highest BCUT2D eigenvalue weighted by Gasteiger charge is 2.22. The van der Waals surface area contributed by atoms with Gasteiger partial charge in [-0.15, -0.1) is 0 Å². The third kappa shape index (κ3) is 3.35. The van der Waals surface area contributed by atoms with Crippen molar-refractivity contribution < 1.29 is 14.6 Å². The second kappa shape index (κ2) is 5.22. The van der Waals surface area contributed by atoms with E-state index in [-0.39, 0.29) is 5.92 Å². The van der Waals surface area contributed by atoms with E-state index in [0.29, 0.717) is 5.92 Å². The zero-order valence-corrected chi connectivity index (χ0v) is 8.16. The molecule has 0 saturated carbocycles. The Balaban J connectivity index is 2.31. The maximum Gasteiger partial charge on any atom is 0.306 e. The lowest BCUT2D eigenvalue weighted by Gasteiger charge is -2.24. The molecule has 1 fully saturated rings. The Bertz CT molecular complexity index is 162. The van der Waals surface area contributed by atoms with E-state index in [9.17, 15) is 4.79 Å². The summed E-state index contributed by atoms with van der Waals surface area (Å²) in [5, 5.41) is 8.86. The predicted molar refractivity (Wildman–Crippen MR) is 49.6 cm³/mol. The van der Waals surface area contributed by atoms with Crippen LogP contribution < -0.4 is 0 Å². The van der Waals surface area contributed by atoms with Gasteiger partial charge in [0.25, 0.3) is 0 Å². The smallest absolute Gasteiger partial charge is 0.306 e. The van der Waals surface area contributed by atoms with Gasteiger partial charge in [0.2, 0.25) is 0 Å². The van der Waals surface area contributed by atoms with Gasteiger partial charge < -0.3 is 9.84 Å². The van der Waals surface area contributed by atoms with Gasteiger partial charge >= 0.3 is 5.97 Å². The number of hydrogen-bond donors (Lipinski definition) is 1. The van der Waals surface area contributed by atoms with Gasteiger partial charge in [0, 0.05) is 13.2 Å². The van der Waals surface area contributed by atoms with E-state index in [1.165, 1.54) is 0 Å². The van der Waals surface area contributed by atoms with Crippen LogP contribution in [0.15, 0.2) is 0 Å². The quantitative estimate of drug-likeness (QED) is 0.729. The lowest BCUT2D eigenvalue weighted by molar-refractivity contribution is -0.142. The molecule has 0 aliphatic carbocycles. The lowest BCUT2D eigenvalue weighted by Crippen LogP contribution is -2.23. The van der Waals surface area contributed by atoms with Crippen LogP contribution in [0, 0.1) is 11.8 Å². The first-order chi connectivity index (χ1) is 6.24. The number of hydrogen-bond acceptors (Lipinski definition) is 2. The van der Waals surface area contributed by atoms with E-state index in [1.807, 2.05) is 6.92 Å². The molecule has 76 valence electrons. The van der Waals surface area contributed by atoms with E-state index < -0.39 is 5.97 Å². The fourth-order valence-corrected chi connectivity index (χ4v) is 1.84. The molecule has 2 atom stereocenters. The maximum absolute atomic E-state index is 10.8. The minimum atomic E-state index is -0.659. The van der Waals surface area contributed by atoms with Crippen molar-refractivity contribution in [3.8, 4) is 0 Å². The maximum atomic E-state index is 10.8. The molecule has 1 aliphatic rings. The van der Waals surface area contributed by atoms with Crippen LogP contribution in [0.25, 0.3) is 0 Å². The summed E-state index contributed by atoms with van der Waals surface area (Å²) in [7, 11) is 0. The molecule has 0 radical (unpaired) electrons. The first-order valence-electron chi connectivity index (χ1n) is 5.04. The normalized spacial score (nSPS) is 25.5. The summed E-state index contributed by atoms with van der Waals surface area (Å²) in [6.07, 6.45) is 3.72. The van der Waals surface area contributed by atoms with Crippen molar-refractivity contribution in [2.24, 2.45) is 11.8 Å². The van der Waals surface area contributed by atoms with Gasteiger partial charge in [-0.1, -0.05) is 6.92 Å². The second-order valence-corrected chi connectivity index (χ2v) is 3.76. The first-order valence-corrected chi connectivity index (χ1v) is 5.04. The standard InChI is InChI=1S/C10H18O3/c1-2-9(10(11)12)6-8-4-3-5-13-7-8/h8-9H,2-7H2,1H3,(H,11,12). The Hall–Kier alpha value is -0.570. The summed E-state index contributed by atoms with van der Waals surface area (Å²) in [4.78, 5) is 10.8. The average molecular weight is 186 g/mol. The summed E-state index contributed by atoms with van der Waals surface area (Å²) in [5.74, 6) is -0.366. The minimum Gasteiger partial charge on any atom is -0.481 e. The molecule has 0 aromatic rings. The molecule has 13 heavy (non-hydrogen) atoms. The molecule has 3 nitrogen and oxygen atoms in total. The fraction of sp³-hybridized carbons (Fsp3) is 0.900. The van der Waals surface area contributed by atoms with Crippen LogP contribution in [0.2, 0.25) is 0 Å². The van der Waals surface area contributed by atoms with E-state index in [1.54, 1.807) is 0 Å². The first kappa shape index (κ1) is 10.5. The van der Waals surface area contributed by atoms with Crippen LogP contribution in [0.4, 0.5) is 0 Å². The summed E-state index contributed by atoms with van der Waals surface area (Å²) in [6, 6.07) is 0. The van der Waals surface area contributed by atoms with Crippen LogP contribution in [0.1, 0.15) is 32.6 Å². The number of rotatable bonds is 4. The molecule has 0 aromatic carbocycles. The Morgan fingerprint density at radius 2 is 2.46 bits per heavy atom. The molecule has 1 heterocycles. The SMILES string of the molecule is CCC(CC1CCCOC1)C(=O)O. The highest BCUT2D eigenvalue weighted by atomic mass is 16.5. The largest absolute Gasteiger partial charge is 0.481 e. The molecule has 1 rings (SSSR count). The molecule has 1 N–H and O–H groups in total. The molecule has 0 amide bonds. The Morgan fingerprint density at radius 1 is 1.69 bits per heavy atom. The van der Waals surface area contributed by atoms with Crippen molar-refractivity contribution in [2.75, 3.05) is 13.2 Å². The van der Waals surface area contributed by atoms with Crippen molar-refractivity contribution >= 4 is 5.97 Å². The van der Waals surface area contributed by atoms with Gasteiger partial charge in [-0.25, -0.2) is 0 Å². The zero-order chi connectivity index (χ0) is 9.68. The summed E-state index contributed by atoms with van der Waals surface area (Å²) < 4.78 is 5.31. The Labute approximate surface area is 79.1 Å². The van der Waals surface area contributed by atoms with Crippen molar-refractivity contribution in [3.05, 3.63) is 0 Å². The lowest BCUT2D eigenvalue weighted by atomic mass is 9.89. The monoisotopic (exact) mass is 186 g/mol. The number of ether oxygens (including phenoxy) is 1. The van der Waals surface area contributed by atoms with Crippen LogP contribution in [-0.2, 0) is 9.53 Å². The molecule has 1 saturated heterocycles. The van der Waals surface area contributed by atoms with Gasteiger partial charge in [-0.05, 0) is 31.6 Å². The van der Waals surface area contributed by atoms with Crippen LogP contribution >= 0.6 is 0 Å². The number of aliphatic carboxylic acids is 1. The zero-order valence-electron chi connectivity index (χ0n) is 8.16. The van der Waals surface area contributed by atoms with E-state index in [4.69, 9.17) is 9.84 Å². The molecule has 0 spiro atoms. The van der Waals surface area contributed by atoms with E-state index >= 15 is 0 Å². The van der Waals surface area contributed by atoms with Crippen molar-refractivity contribution in [1.82, 2.24) is 0 Å². The minimum absolute atomic E-state index is 0.174. The second-order valence-electron chi connectivity index (χ2n) is 3.76. The molecule has 0 aromatic heterocycles. The highest BCUT2D eigenvalue weighted by Crippen LogP contribution is 2.23. The van der Waals surface area contributed by atoms with Gasteiger partial charge in [0.05, 0.1) is 5.92 Å². The van der Waals surface area contributed by atoms with E-state index in [0.717, 1.165) is 38.9 Å². The molecule has 1 aliphatic heterocycles. The van der Waals surface area contributed by atoms with Gasteiger partial charge in [0.1, 0.15) is 0 Å². The molecular weight excluding hydrogens is 168 g/mol. The number of carboxylic acid groups (broad SMARTS) is 1. The molecular formula is C10H18O3. The third-order valence-electron chi connectivity index (χ3n) is 2.71.